The molecule has 0 radical (unpaired) electrons. The maximum atomic E-state index is 12.6. The first kappa shape index (κ1) is 19.0. The van der Waals surface area contributed by atoms with Crippen molar-refractivity contribution in [2.75, 3.05) is 0 Å². The van der Waals surface area contributed by atoms with E-state index in [0.717, 1.165) is 28.3 Å². The van der Waals surface area contributed by atoms with Gasteiger partial charge in [0.25, 0.3) is 0 Å². The first-order chi connectivity index (χ1) is 11.8. The zero-order valence-electron chi connectivity index (χ0n) is 13.1. The van der Waals surface area contributed by atoms with E-state index in [9.17, 15) is 22.8 Å². The summed E-state index contributed by atoms with van der Waals surface area (Å²) < 4.78 is 37.9. The lowest BCUT2D eigenvalue weighted by atomic mass is 10.0. The number of nitrogens with one attached hydrogen (secondary N) is 1. The van der Waals surface area contributed by atoms with Crippen LogP contribution in [-0.4, -0.2) is 17.0 Å². The van der Waals surface area contributed by atoms with Crippen LogP contribution in [0.15, 0.2) is 36.4 Å². The zero-order valence-corrected chi connectivity index (χ0v) is 13.9. The van der Waals surface area contributed by atoms with Crippen LogP contribution < -0.4 is 5.32 Å². The summed E-state index contributed by atoms with van der Waals surface area (Å²) in [5.74, 6) is -1.24. The van der Waals surface area contributed by atoms with Crippen LogP contribution in [0.25, 0.3) is 0 Å². The molecule has 0 atom stereocenters. The van der Waals surface area contributed by atoms with Crippen LogP contribution in [0.4, 0.5) is 13.2 Å². The number of carboxylic acid groups (broad SMARTS) is 1. The second-order valence-electron chi connectivity index (χ2n) is 5.40. The molecule has 2 N–H and O–H groups in total. The van der Waals surface area contributed by atoms with Gasteiger partial charge >= 0.3 is 12.1 Å². The second-order valence-corrected chi connectivity index (χ2v) is 6.57. The molecule has 0 spiro atoms. The minimum absolute atomic E-state index is 0.188. The van der Waals surface area contributed by atoms with E-state index in [1.165, 1.54) is 12.1 Å². The van der Waals surface area contributed by atoms with Crippen LogP contribution in [0.5, 0.6) is 0 Å². The fourth-order valence-electron chi connectivity index (χ4n) is 2.22. The number of aromatic carboxylic acids is 1. The molecule has 0 bridgehead atoms. The molecule has 2 rings (SSSR count). The molecule has 1 amide bonds. The number of thiophene rings is 1. The lowest BCUT2D eigenvalue weighted by Gasteiger charge is -2.08. The molecule has 8 heteroatoms. The summed E-state index contributed by atoms with van der Waals surface area (Å²) >= 11 is 1.09. The van der Waals surface area contributed by atoms with Gasteiger partial charge in [-0.1, -0.05) is 18.2 Å². The molecule has 2 aromatic rings. The number of benzene rings is 1. The number of halogens is 3. The number of carbonyl (C=O) groups is 2. The second kappa shape index (κ2) is 8.15. The fraction of sp³-hybridized carbons (Fsp3) is 0.294. The Bertz CT molecular complexity index is 756. The maximum absolute atomic E-state index is 12.6. The number of rotatable bonds is 7. The van der Waals surface area contributed by atoms with Crippen molar-refractivity contribution >= 4 is 23.2 Å². The van der Waals surface area contributed by atoms with Crippen molar-refractivity contribution in [3.8, 4) is 0 Å². The lowest BCUT2D eigenvalue weighted by molar-refractivity contribution is -0.137. The number of alkyl halides is 3. The molecule has 4 nitrogen and oxygen atoms in total. The molecule has 25 heavy (non-hydrogen) atoms. The van der Waals surface area contributed by atoms with Gasteiger partial charge in [-0.25, -0.2) is 4.79 Å². The van der Waals surface area contributed by atoms with E-state index >= 15 is 0 Å². The first-order valence-electron chi connectivity index (χ1n) is 7.50. The quantitative estimate of drug-likeness (QED) is 0.770. The molecule has 0 fully saturated rings. The standard InChI is InChI=1S/C17H16F3NO3S/c18-17(19,20)12-5-1-3-11(9-12)4-2-6-15(22)21-10-13-7-8-14(25-13)16(23)24/h1,3,5,7-9H,2,4,6,10H2,(H,21,22)(H,23,24). The van der Waals surface area contributed by atoms with Crippen LogP contribution in [0.3, 0.4) is 0 Å². The van der Waals surface area contributed by atoms with Crippen LogP contribution in [0.2, 0.25) is 0 Å². The summed E-state index contributed by atoms with van der Waals surface area (Å²) in [5.41, 5.74) is -0.159. The summed E-state index contributed by atoms with van der Waals surface area (Å²) in [7, 11) is 0. The Balaban J connectivity index is 1.76. The Morgan fingerprint density at radius 1 is 1.16 bits per heavy atom. The zero-order chi connectivity index (χ0) is 18.4. The number of hydrogen-bond donors (Lipinski definition) is 2. The Labute approximate surface area is 146 Å². The normalized spacial score (nSPS) is 11.3. The number of carboxylic acids is 1. The number of hydrogen-bond acceptors (Lipinski definition) is 3. The average molecular weight is 371 g/mol. The van der Waals surface area contributed by atoms with Crippen molar-refractivity contribution in [3.05, 3.63) is 57.3 Å². The minimum Gasteiger partial charge on any atom is -0.477 e. The van der Waals surface area contributed by atoms with Gasteiger partial charge < -0.3 is 10.4 Å². The van der Waals surface area contributed by atoms with Gasteiger partial charge in [0.05, 0.1) is 12.1 Å². The first-order valence-corrected chi connectivity index (χ1v) is 8.32. The van der Waals surface area contributed by atoms with Gasteiger partial charge in [0, 0.05) is 11.3 Å². The highest BCUT2D eigenvalue weighted by molar-refractivity contribution is 7.13. The van der Waals surface area contributed by atoms with E-state index in [4.69, 9.17) is 5.11 Å². The monoisotopic (exact) mass is 371 g/mol. The molecule has 0 saturated carbocycles. The van der Waals surface area contributed by atoms with Crippen molar-refractivity contribution in [1.82, 2.24) is 5.32 Å². The van der Waals surface area contributed by atoms with Crippen LogP contribution in [0, 0.1) is 0 Å². The SMILES string of the molecule is O=C(CCCc1cccc(C(F)(F)F)c1)NCc1ccc(C(=O)O)s1. The molecule has 0 saturated heterocycles. The Morgan fingerprint density at radius 2 is 1.92 bits per heavy atom. The van der Waals surface area contributed by atoms with Gasteiger partial charge in [0.15, 0.2) is 0 Å². The highest BCUT2D eigenvalue weighted by Gasteiger charge is 2.30. The van der Waals surface area contributed by atoms with Crippen molar-refractivity contribution in [3.63, 3.8) is 0 Å². The molecule has 0 aliphatic carbocycles. The van der Waals surface area contributed by atoms with Crippen LogP contribution >= 0.6 is 11.3 Å². The summed E-state index contributed by atoms with van der Waals surface area (Å²) in [4.78, 5) is 23.5. The van der Waals surface area contributed by atoms with Crippen LogP contribution in [-0.2, 0) is 23.9 Å². The molecular formula is C17H16F3NO3S. The Hall–Kier alpha value is -2.35. The van der Waals surface area contributed by atoms with Gasteiger partial charge in [0.2, 0.25) is 5.91 Å². The summed E-state index contributed by atoms with van der Waals surface area (Å²) in [6.07, 6.45) is -3.38. The van der Waals surface area contributed by atoms with Gasteiger partial charge in [-0.3, -0.25) is 4.79 Å². The molecule has 0 aliphatic rings. The lowest BCUT2D eigenvalue weighted by Crippen LogP contribution is -2.22. The fourth-order valence-corrected chi connectivity index (χ4v) is 3.00. The Morgan fingerprint density at radius 3 is 2.56 bits per heavy atom. The third-order valence-corrected chi connectivity index (χ3v) is 4.53. The van der Waals surface area contributed by atoms with E-state index in [0.29, 0.717) is 18.4 Å². The third-order valence-electron chi connectivity index (χ3n) is 3.46. The van der Waals surface area contributed by atoms with E-state index in [-0.39, 0.29) is 23.7 Å². The van der Waals surface area contributed by atoms with Gasteiger partial charge in [0.1, 0.15) is 4.88 Å². The molecule has 0 unspecified atom stereocenters. The minimum atomic E-state index is -4.37. The van der Waals surface area contributed by atoms with E-state index in [1.807, 2.05) is 0 Å². The predicted molar refractivity (Wildman–Crippen MR) is 87.5 cm³/mol. The molecule has 1 heterocycles. The van der Waals surface area contributed by atoms with E-state index in [2.05, 4.69) is 5.32 Å². The molecule has 134 valence electrons. The molecule has 1 aromatic carbocycles. The summed E-state index contributed by atoms with van der Waals surface area (Å²) in [6.45, 7) is 0.236. The van der Waals surface area contributed by atoms with Crippen LogP contribution in [0.1, 0.15) is 38.5 Å². The van der Waals surface area contributed by atoms with Crippen molar-refractivity contribution in [2.24, 2.45) is 0 Å². The van der Waals surface area contributed by atoms with E-state index < -0.39 is 17.7 Å². The highest BCUT2D eigenvalue weighted by atomic mass is 32.1. The smallest absolute Gasteiger partial charge is 0.416 e. The number of carbonyl (C=O) groups excluding carboxylic acids is 1. The average Bonchev–Trinajstić information content (AvgIpc) is 3.02. The largest absolute Gasteiger partial charge is 0.477 e. The van der Waals surface area contributed by atoms with Crippen molar-refractivity contribution < 1.29 is 27.9 Å². The Kier molecular flexibility index (Phi) is 6.19. The third kappa shape index (κ3) is 5.90. The topological polar surface area (TPSA) is 66.4 Å². The summed E-state index contributed by atoms with van der Waals surface area (Å²) in [5, 5.41) is 11.5. The maximum Gasteiger partial charge on any atom is 0.416 e. The number of amides is 1. The molecule has 1 aromatic heterocycles. The summed E-state index contributed by atoms with van der Waals surface area (Å²) in [6, 6.07) is 8.18. The van der Waals surface area contributed by atoms with Gasteiger partial charge in [-0.2, -0.15) is 13.2 Å². The molecular weight excluding hydrogens is 355 g/mol. The highest BCUT2D eigenvalue weighted by Crippen LogP contribution is 2.29. The number of aryl methyl sites for hydroxylation is 1. The van der Waals surface area contributed by atoms with Crippen molar-refractivity contribution in [1.29, 1.82) is 0 Å². The van der Waals surface area contributed by atoms with E-state index in [1.54, 1.807) is 12.1 Å². The predicted octanol–water partition coefficient (Wildman–Crippen LogP) is 4.10. The van der Waals surface area contributed by atoms with Gasteiger partial charge in [-0.15, -0.1) is 11.3 Å². The van der Waals surface area contributed by atoms with Crippen molar-refractivity contribution in [2.45, 2.75) is 32.0 Å². The molecule has 0 aliphatic heterocycles. The van der Waals surface area contributed by atoms with Gasteiger partial charge in [-0.05, 0) is 36.6 Å².